The van der Waals surface area contributed by atoms with E-state index in [1.54, 1.807) is 18.5 Å². The first-order valence-corrected chi connectivity index (χ1v) is 7.45. The van der Waals surface area contributed by atoms with Gasteiger partial charge in [-0.25, -0.2) is 4.98 Å². The van der Waals surface area contributed by atoms with Crippen LogP contribution in [-0.2, 0) is 0 Å². The molecule has 0 aliphatic carbocycles. The summed E-state index contributed by atoms with van der Waals surface area (Å²) in [6.07, 6.45) is 5.35. The minimum atomic E-state index is -0.154. The molecule has 0 aromatic carbocycles. The molecule has 0 aliphatic heterocycles. The van der Waals surface area contributed by atoms with Crippen LogP contribution in [0.15, 0.2) is 42.9 Å². The molecule has 0 saturated carbocycles. The van der Waals surface area contributed by atoms with Crippen molar-refractivity contribution in [1.29, 1.82) is 0 Å². The van der Waals surface area contributed by atoms with Gasteiger partial charge in [0.15, 0.2) is 0 Å². The number of nitrogens with zero attached hydrogens (tertiary/aromatic N) is 2. The fourth-order valence-electron chi connectivity index (χ4n) is 2.05. The maximum Gasteiger partial charge on any atom is 0.269 e. The van der Waals surface area contributed by atoms with Crippen molar-refractivity contribution in [3.8, 4) is 11.1 Å². The molecule has 2 N–H and O–H groups in total. The van der Waals surface area contributed by atoms with E-state index in [1.807, 2.05) is 45.2 Å². The molecule has 114 valence electrons. The molecule has 3 rings (SSSR count). The molecular formula is C17H20N4O. The average Bonchev–Trinajstić information content (AvgIpc) is 3.04. The van der Waals surface area contributed by atoms with Crippen molar-refractivity contribution in [2.24, 2.45) is 0 Å². The monoisotopic (exact) mass is 296 g/mol. The van der Waals surface area contributed by atoms with E-state index < -0.39 is 0 Å². The zero-order valence-electron chi connectivity index (χ0n) is 13.1. The number of amides is 1. The van der Waals surface area contributed by atoms with Crippen molar-refractivity contribution in [1.82, 2.24) is 20.3 Å². The van der Waals surface area contributed by atoms with Crippen LogP contribution in [0.5, 0.6) is 0 Å². The van der Waals surface area contributed by atoms with Crippen LogP contribution >= 0.6 is 0 Å². The Morgan fingerprint density at radius 1 is 1.14 bits per heavy atom. The lowest BCUT2D eigenvalue weighted by Gasteiger charge is -2.04. The minimum Gasteiger partial charge on any atom is -0.351 e. The molecule has 0 atom stereocenters. The number of carbonyl (C=O) groups excluding carboxylic acids is 1. The maximum atomic E-state index is 11.6. The second-order valence-electron chi connectivity index (χ2n) is 4.43. The van der Waals surface area contributed by atoms with Crippen molar-refractivity contribution in [3.05, 3.63) is 48.5 Å². The van der Waals surface area contributed by atoms with Crippen LogP contribution in [0.4, 0.5) is 0 Å². The van der Waals surface area contributed by atoms with Gasteiger partial charge in [0.25, 0.3) is 5.91 Å². The summed E-state index contributed by atoms with van der Waals surface area (Å²) in [5.41, 5.74) is 3.20. The van der Waals surface area contributed by atoms with E-state index in [-0.39, 0.29) is 5.91 Å². The number of nitrogens with one attached hydrogen (secondary N) is 2. The van der Waals surface area contributed by atoms with Gasteiger partial charge in [-0.2, -0.15) is 0 Å². The number of pyridine rings is 2. The van der Waals surface area contributed by atoms with Gasteiger partial charge in [-0.05, 0) is 25.1 Å². The molecule has 22 heavy (non-hydrogen) atoms. The van der Waals surface area contributed by atoms with Gasteiger partial charge in [-0.15, -0.1) is 0 Å². The Bertz CT molecular complexity index is 747. The van der Waals surface area contributed by atoms with Crippen molar-refractivity contribution >= 4 is 16.9 Å². The van der Waals surface area contributed by atoms with Crippen molar-refractivity contribution in [2.75, 3.05) is 6.54 Å². The first-order valence-electron chi connectivity index (χ1n) is 7.45. The average molecular weight is 296 g/mol. The molecule has 5 heteroatoms. The summed E-state index contributed by atoms with van der Waals surface area (Å²) in [5.74, 6) is -0.154. The van der Waals surface area contributed by atoms with Crippen molar-refractivity contribution < 1.29 is 4.79 Å². The Balaban J connectivity index is 0.000000847. The molecule has 0 radical (unpaired) electrons. The van der Waals surface area contributed by atoms with Crippen LogP contribution in [-0.4, -0.2) is 27.4 Å². The highest BCUT2D eigenvalue weighted by molar-refractivity contribution is 5.92. The first-order chi connectivity index (χ1) is 10.8. The molecule has 0 fully saturated rings. The highest BCUT2D eigenvalue weighted by atomic mass is 16.1. The molecule has 1 amide bonds. The lowest BCUT2D eigenvalue weighted by atomic mass is 10.1. The lowest BCUT2D eigenvalue weighted by Crippen LogP contribution is -2.23. The van der Waals surface area contributed by atoms with Gasteiger partial charge in [-0.3, -0.25) is 9.78 Å². The van der Waals surface area contributed by atoms with E-state index in [1.165, 1.54) is 0 Å². The van der Waals surface area contributed by atoms with Gasteiger partial charge in [-0.1, -0.05) is 19.9 Å². The normalized spacial score (nSPS) is 9.95. The molecule has 0 saturated heterocycles. The third-order valence-corrected chi connectivity index (χ3v) is 3.07. The van der Waals surface area contributed by atoms with Crippen LogP contribution in [0.2, 0.25) is 0 Å². The highest BCUT2D eigenvalue weighted by Crippen LogP contribution is 2.21. The second-order valence-corrected chi connectivity index (χ2v) is 4.43. The molecule has 0 aliphatic rings. The summed E-state index contributed by atoms with van der Waals surface area (Å²) in [5, 5.41) is 3.78. The van der Waals surface area contributed by atoms with E-state index in [0.29, 0.717) is 12.2 Å². The predicted octanol–water partition coefficient (Wildman–Crippen LogP) is 3.40. The summed E-state index contributed by atoms with van der Waals surface area (Å²) < 4.78 is 0. The van der Waals surface area contributed by atoms with Crippen LogP contribution < -0.4 is 5.32 Å². The number of rotatable bonds is 3. The molecule has 0 unspecified atom stereocenters. The standard InChI is InChI=1S/C15H14N4O.C2H6/c1-2-16-15(20)13-4-3-11(8-18-13)12-7-10-5-6-17-14(10)19-9-12;1-2/h3-9H,2H2,1H3,(H,16,20)(H,17,19);1-2H3. The summed E-state index contributed by atoms with van der Waals surface area (Å²) >= 11 is 0. The number of hydrogen-bond acceptors (Lipinski definition) is 3. The quantitative estimate of drug-likeness (QED) is 0.778. The van der Waals surface area contributed by atoms with E-state index in [9.17, 15) is 4.79 Å². The van der Waals surface area contributed by atoms with E-state index >= 15 is 0 Å². The molecule has 0 spiro atoms. The number of hydrogen-bond donors (Lipinski definition) is 2. The van der Waals surface area contributed by atoms with E-state index in [4.69, 9.17) is 0 Å². The molecule has 5 nitrogen and oxygen atoms in total. The Morgan fingerprint density at radius 3 is 2.59 bits per heavy atom. The zero-order chi connectivity index (χ0) is 15.9. The van der Waals surface area contributed by atoms with Gasteiger partial charge in [0, 0.05) is 41.6 Å². The second kappa shape index (κ2) is 7.36. The lowest BCUT2D eigenvalue weighted by molar-refractivity contribution is 0.0951. The third-order valence-electron chi connectivity index (χ3n) is 3.07. The van der Waals surface area contributed by atoms with Crippen LogP contribution in [0.25, 0.3) is 22.2 Å². The Kier molecular flexibility index (Phi) is 5.25. The Morgan fingerprint density at radius 2 is 1.91 bits per heavy atom. The summed E-state index contributed by atoms with van der Waals surface area (Å²) in [6.45, 7) is 6.47. The maximum absolute atomic E-state index is 11.6. The third kappa shape index (κ3) is 3.31. The molecule has 0 bridgehead atoms. The van der Waals surface area contributed by atoms with Gasteiger partial charge < -0.3 is 10.3 Å². The largest absolute Gasteiger partial charge is 0.351 e. The van der Waals surface area contributed by atoms with Crippen molar-refractivity contribution in [3.63, 3.8) is 0 Å². The molecule has 3 heterocycles. The zero-order valence-corrected chi connectivity index (χ0v) is 13.1. The van der Waals surface area contributed by atoms with Gasteiger partial charge >= 0.3 is 0 Å². The summed E-state index contributed by atoms with van der Waals surface area (Å²) in [6, 6.07) is 7.62. The molecule has 3 aromatic heterocycles. The summed E-state index contributed by atoms with van der Waals surface area (Å²) in [7, 11) is 0. The van der Waals surface area contributed by atoms with Crippen LogP contribution in [0, 0.1) is 0 Å². The number of aromatic amines is 1. The van der Waals surface area contributed by atoms with Crippen molar-refractivity contribution in [2.45, 2.75) is 20.8 Å². The minimum absolute atomic E-state index is 0.154. The van der Waals surface area contributed by atoms with Crippen LogP contribution in [0.3, 0.4) is 0 Å². The predicted molar refractivity (Wildman–Crippen MR) is 88.7 cm³/mol. The Labute approximate surface area is 129 Å². The van der Waals surface area contributed by atoms with Gasteiger partial charge in [0.1, 0.15) is 11.3 Å². The topological polar surface area (TPSA) is 70.7 Å². The molecular weight excluding hydrogens is 276 g/mol. The fourth-order valence-corrected chi connectivity index (χ4v) is 2.05. The highest BCUT2D eigenvalue weighted by Gasteiger charge is 2.07. The number of fused-ring (bicyclic) bond motifs is 1. The van der Waals surface area contributed by atoms with Crippen LogP contribution in [0.1, 0.15) is 31.3 Å². The molecule has 3 aromatic rings. The number of H-pyrrole nitrogens is 1. The number of aromatic nitrogens is 3. The number of carbonyl (C=O) groups is 1. The fraction of sp³-hybridized carbons (Fsp3) is 0.235. The van der Waals surface area contributed by atoms with Gasteiger partial charge in [0.2, 0.25) is 0 Å². The SMILES string of the molecule is CC.CCNC(=O)c1ccc(-c2cnc3[nH]ccc3c2)cn1. The van der Waals surface area contributed by atoms with Gasteiger partial charge in [0.05, 0.1) is 0 Å². The Hall–Kier alpha value is -2.69. The summed E-state index contributed by atoms with van der Waals surface area (Å²) in [4.78, 5) is 23.2. The van der Waals surface area contributed by atoms with E-state index in [2.05, 4.69) is 20.3 Å². The first kappa shape index (κ1) is 15.7. The van der Waals surface area contributed by atoms with E-state index in [0.717, 1.165) is 22.2 Å². The smallest absolute Gasteiger partial charge is 0.269 e.